The Morgan fingerprint density at radius 1 is 0.761 bits per heavy atom. The van der Waals surface area contributed by atoms with E-state index in [9.17, 15) is 29.4 Å². The van der Waals surface area contributed by atoms with Crippen molar-refractivity contribution in [2.45, 2.75) is 63.7 Å². The molecule has 0 saturated carbocycles. The maximum absolute atomic E-state index is 13.7. The number of aliphatic carboxylic acids is 1. The molecule has 8 N–H and O–H groups in total. The van der Waals surface area contributed by atoms with Crippen molar-refractivity contribution < 1.29 is 29.4 Å². The Bertz CT molecular complexity index is 1640. The van der Waals surface area contributed by atoms with E-state index in [1.54, 1.807) is 36.4 Å². The van der Waals surface area contributed by atoms with Crippen LogP contribution in [0.15, 0.2) is 85.1 Å². The molecular weight excluding hydrogens is 586 g/mol. The van der Waals surface area contributed by atoms with Crippen molar-refractivity contribution >= 4 is 34.6 Å². The zero-order valence-corrected chi connectivity index (χ0v) is 25.9. The number of hydrogen-bond donors (Lipinski definition) is 7. The largest absolute Gasteiger partial charge is 0.508 e. The maximum atomic E-state index is 13.7. The van der Waals surface area contributed by atoms with Crippen LogP contribution in [-0.2, 0) is 38.4 Å². The maximum Gasteiger partial charge on any atom is 0.326 e. The normalized spacial score (nSPS) is 14.4. The molecule has 11 heteroatoms. The topological polar surface area (TPSA) is 187 Å². The molecule has 5 unspecified atom stereocenters. The van der Waals surface area contributed by atoms with Gasteiger partial charge in [-0.15, -0.1) is 0 Å². The summed E-state index contributed by atoms with van der Waals surface area (Å²) in [6, 6.07) is 18.4. The molecule has 3 amide bonds. The van der Waals surface area contributed by atoms with Gasteiger partial charge in [-0.2, -0.15) is 0 Å². The number of fused-ring (bicyclic) bond motifs is 1. The summed E-state index contributed by atoms with van der Waals surface area (Å²) < 4.78 is 0. The molecule has 242 valence electrons. The number of rotatable bonds is 15. The highest BCUT2D eigenvalue weighted by atomic mass is 16.4. The molecule has 1 heterocycles. The number of amides is 3. The molecule has 0 saturated heterocycles. The van der Waals surface area contributed by atoms with Gasteiger partial charge >= 0.3 is 5.97 Å². The number of carbonyl (C=O) groups is 4. The second kappa shape index (κ2) is 15.7. The first-order chi connectivity index (χ1) is 22.0. The molecule has 4 aromatic rings. The molecule has 11 nitrogen and oxygen atoms in total. The number of hydrogen-bond acceptors (Lipinski definition) is 6. The lowest BCUT2D eigenvalue weighted by Gasteiger charge is -2.28. The first-order valence-corrected chi connectivity index (χ1v) is 15.3. The second-order valence-electron chi connectivity index (χ2n) is 11.6. The van der Waals surface area contributed by atoms with Gasteiger partial charge in [0.1, 0.15) is 23.9 Å². The lowest BCUT2D eigenvalue weighted by Crippen LogP contribution is -2.59. The summed E-state index contributed by atoms with van der Waals surface area (Å²) in [5.74, 6) is -3.29. The average molecular weight is 628 g/mol. The number of aromatic hydroxyl groups is 1. The molecule has 0 aliphatic carbocycles. The molecule has 0 radical (unpaired) electrons. The zero-order chi connectivity index (χ0) is 33.2. The van der Waals surface area contributed by atoms with Gasteiger partial charge in [0, 0.05) is 29.9 Å². The summed E-state index contributed by atoms with van der Waals surface area (Å²) in [5, 5.41) is 28.5. The Hall–Kier alpha value is -5.16. The SMILES string of the molecule is CCC(C)C(NC(=O)C(N)Cc1c[nH]c2ccccc12)C(=O)NC(Cc1ccccc1)C(=O)NC(Cc1ccc(O)cc1)C(=O)O. The van der Waals surface area contributed by atoms with E-state index in [-0.39, 0.29) is 30.9 Å². The van der Waals surface area contributed by atoms with Gasteiger partial charge in [0.25, 0.3) is 0 Å². The number of nitrogens with two attached hydrogens (primary N) is 1. The standard InChI is InChI=1S/C35H41N5O6/c1-3-21(2)31(40-32(42)27(36)19-24-20-37-28-12-8-7-11-26(24)28)34(44)38-29(17-22-9-5-4-6-10-22)33(43)39-30(35(45)46)18-23-13-15-25(41)16-14-23/h4-16,20-21,27,29-31,37,41H,3,17-19,36H2,1-2H3,(H,38,44)(H,39,43)(H,40,42)(H,45,46). The number of carboxylic acids is 1. The van der Waals surface area contributed by atoms with Crippen LogP contribution in [-0.4, -0.2) is 63.1 Å². The highest BCUT2D eigenvalue weighted by Crippen LogP contribution is 2.19. The molecule has 0 aliphatic rings. The van der Waals surface area contributed by atoms with Gasteiger partial charge in [0.05, 0.1) is 6.04 Å². The smallest absolute Gasteiger partial charge is 0.326 e. The van der Waals surface area contributed by atoms with Crippen molar-refractivity contribution in [3.05, 3.63) is 102 Å². The average Bonchev–Trinajstić information content (AvgIpc) is 3.46. The van der Waals surface area contributed by atoms with Gasteiger partial charge < -0.3 is 36.9 Å². The molecule has 1 aromatic heterocycles. The van der Waals surface area contributed by atoms with Gasteiger partial charge in [0.15, 0.2) is 0 Å². The fourth-order valence-electron chi connectivity index (χ4n) is 5.25. The number of benzene rings is 3. The predicted molar refractivity (Wildman–Crippen MR) is 175 cm³/mol. The molecule has 0 aliphatic heterocycles. The number of carbonyl (C=O) groups excluding carboxylic acids is 3. The predicted octanol–water partition coefficient (Wildman–Crippen LogP) is 2.81. The van der Waals surface area contributed by atoms with Gasteiger partial charge in [0.2, 0.25) is 17.7 Å². The minimum atomic E-state index is -1.29. The van der Waals surface area contributed by atoms with Gasteiger partial charge in [-0.3, -0.25) is 14.4 Å². The summed E-state index contributed by atoms with van der Waals surface area (Å²) in [6.45, 7) is 3.71. The zero-order valence-electron chi connectivity index (χ0n) is 25.9. The number of aromatic amines is 1. The van der Waals surface area contributed by atoms with E-state index >= 15 is 0 Å². The molecule has 3 aromatic carbocycles. The van der Waals surface area contributed by atoms with Crippen molar-refractivity contribution in [3.8, 4) is 5.75 Å². The van der Waals surface area contributed by atoms with Gasteiger partial charge in [-0.25, -0.2) is 4.79 Å². The molecule has 0 bridgehead atoms. The van der Waals surface area contributed by atoms with Crippen LogP contribution in [0.3, 0.4) is 0 Å². The number of phenolic OH excluding ortho intramolecular Hbond substituents is 1. The van der Waals surface area contributed by atoms with Crippen LogP contribution in [0.1, 0.15) is 37.0 Å². The van der Waals surface area contributed by atoms with Crippen LogP contribution in [0, 0.1) is 5.92 Å². The number of phenols is 1. The Balaban J connectivity index is 1.49. The van der Waals surface area contributed by atoms with Crippen LogP contribution in [0.5, 0.6) is 5.75 Å². The highest BCUT2D eigenvalue weighted by molar-refractivity contribution is 5.94. The van der Waals surface area contributed by atoms with Crippen LogP contribution < -0.4 is 21.7 Å². The van der Waals surface area contributed by atoms with Crippen molar-refractivity contribution in [2.24, 2.45) is 11.7 Å². The third-order valence-corrected chi connectivity index (χ3v) is 8.15. The number of carboxylic acid groups (broad SMARTS) is 1. The van der Waals surface area contributed by atoms with Crippen LogP contribution in [0.2, 0.25) is 0 Å². The van der Waals surface area contributed by atoms with Crippen molar-refractivity contribution in [1.82, 2.24) is 20.9 Å². The van der Waals surface area contributed by atoms with Gasteiger partial charge in [-0.1, -0.05) is 80.9 Å². The second-order valence-corrected chi connectivity index (χ2v) is 11.6. The number of aromatic nitrogens is 1. The molecule has 5 atom stereocenters. The summed E-state index contributed by atoms with van der Waals surface area (Å²) in [5.41, 5.74) is 9.45. The Morgan fingerprint density at radius 2 is 1.37 bits per heavy atom. The number of H-pyrrole nitrogens is 1. The number of nitrogens with one attached hydrogen (secondary N) is 4. The highest BCUT2D eigenvalue weighted by Gasteiger charge is 2.33. The lowest BCUT2D eigenvalue weighted by atomic mass is 9.96. The Morgan fingerprint density at radius 3 is 2.04 bits per heavy atom. The van der Waals surface area contributed by atoms with Crippen molar-refractivity contribution in [3.63, 3.8) is 0 Å². The van der Waals surface area contributed by atoms with E-state index in [0.717, 1.165) is 22.0 Å². The third-order valence-electron chi connectivity index (χ3n) is 8.15. The van der Waals surface area contributed by atoms with Crippen molar-refractivity contribution in [2.75, 3.05) is 0 Å². The molecule has 46 heavy (non-hydrogen) atoms. The summed E-state index contributed by atoms with van der Waals surface area (Å²) in [6.07, 6.45) is 2.68. The monoisotopic (exact) mass is 627 g/mol. The molecule has 0 fully saturated rings. The number of para-hydroxylation sites is 1. The van der Waals surface area contributed by atoms with Crippen molar-refractivity contribution in [1.29, 1.82) is 0 Å². The minimum Gasteiger partial charge on any atom is -0.508 e. The summed E-state index contributed by atoms with van der Waals surface area (Å²) in [4.78, 5) is 55.9. The van der Waals surface area contributed by atoms with E-state index in [0.29, 0.717) is 12.0 Å². The fourth-order valence-corrected chi connectivity index (χ4v) is 5.25. The third kappa shape index (κ3) is 8.95. The van der Waals surface area contributed by atoms with Crippen LogP contribution >= 0.6 is 0 Å². The first kappa shape index (κ1) is 33.7. The first-order valence-electron chi connectivity index (χ1n) is 15.3. The molecule has 0 spiro atoms. The minimum absolute atomic E-state index is 0.0344. The molecular formula is C35H41N5O6. The quantitative estimate of drug-likeness (QED) is 0.106. The summed E-state index contributed by atoms with van der Waals surface area (Å²) in [7, 11) is 0. The Labute approximate surface area is 267 Å². The van der Waals surface area contributed by atoms with E-state index in [4.69, 9.17) is 5.73 Å². The fraction of sp³-hybridized carbons (Fsp3) is 0.314. The van der Waals surface area contributed by atoms with Crippen LogP contribution in [0.4, 0.5) is 0 Å². The van der Waals surface area contributed by atoms with E-state index < -0.39 is 47.9 Å². The lowest BCUT2D eigenvalue weighted by molar-refractivity contribution is -0.142. The van der Waals surface area contributed by atoms with E-state index in [2.05, 4.69) is 20.9 Å². The van der Waals surface area contributed by atoms with Gasteiger partial charge in [-0.05, 0) is 47.2 Å². The van der Waals surface area contributed by atoms with Crippen LogP contribution in [0.25, 0.3) is 10.9 Å². The molecule has 4 rings (SSSR count). The summed E-state index contributed by atoms with van der Waals surface area (Å²) >= 11 is 0. The van der Waals surface area contributed by atoms with E-state index in [1.807, 2.05) is 50.4 Å². The van der Waals surface area contributed by atoms with E-state index in [1.165, 1.54) is 12.1 Å². The Kier molecular flexibility index (Phi) is 11.5.